The van der Waals surface area contributed by atoms with Gasteiger partial charge in [0.25, 0.3) is 0 Å². The Kier molecular flexibility index (Phi) is 6.08. The summed E-state index contributed by atoms with van der Waals surface area (Å²) in [6.07, 6.45) is 0. The van der Waals surface area contributed by atoms with Crippen LogP contribution in [0.2, 0.25) is 10.0 Å². The summed E-state index contributed by atoms with van der Waals surface area (Å²) in [5.41, 5.74) is -0.0499. The van der Waals surface area contributed by atoms with Crippen LogP contribution < -0.4 is 10.6 Å². The first kappa shape index (κ1) is 19.7. The monoisotopic (exact) mass is 430 g/mol. The molecule has 1 heterocycles. The minimum Gasteiger partial charge on any atom is -0.482 e. The lowest BCUT2D eigenvalue weighted by Crippen LogP contribution is -2.16. The molecule has 0 bridgehead atoms. The normalized spacial score (nSPS) is 12.2. The molecule has 0 radical (unpaired) electrons. The lowest BCUT2D eigenvalue weighted by atomic mass is 10.1. The lowest BCUT2D eigenvalue weighted by molar-refractivity contribution is 0.292. The van der Waals surface area contributed by atoms with Crippen molar-refractivity contribution in [2.75, 3.05) is 5.84 Å². The van der Waals surface area contributed by atoms with Gasteiger partial charge >= 0.3 is 0 Å². The van der Waals surface area contributed by atoms with E-state index in [0.717, 1.165) is 11.8 Å². The van der Waals surface area contributed by atoms with Gasteiger partial charge in [-0.05, 0) is 31.2 Å². The fourth-order valence-electron chi connectivity index (χ4n) is 2.36. The second kappa shape index (κ2) is 8.33. The van der Waals surface area contributed by atoms with E-state index in [2.05, 4.69) is 10.2 Å². The highest BCUT2D eigenvalue weighted by molar-refractivity contribution is 7.99. The number of rotatable bonds is 6. The molecule has 2 aromatic carbocycles. The molecule has 0 aliphatic carbocycles. The maximum absolute atomic E-state index is 13.9. The van der Waals surface area contributed by atoms with E-state index in [1.807, 2.05) is 0 Å². The number of para-hydroxylation sites is 1. The van der Waals surface area contributed by atoms with Crippen LogP contribution in [0.15, 0.2) is 41.6 Å². The molecule has 0 fully saturated rings. The molecule has 10 heteroatoms. The third-order valence-electron chi connectivity index (χ3n) is 3.69. The summed E-state index contributed by atoms with van der Waals surface area (Å²) in [5, 5.41) is 8.33. The molecule has 5 nitrogen and oxygen atoms in total. The topological polar surface area (TPSA) is 66.0 Å². The third kappa shape index (κ3) is 4.28. The second-order valence-corrected chi connectivity index (χ2v) is 7.63. The second-order valence-electron chi connectivity index (χ2n) is 5.50. The number of nitrogens with zero attached hydrogens (tertiary/aromatic N) is 3. The Labute approximate surface area is 168 Å². The highest BCUT2D eigenvalue weighted by Gasteiger charge is 2.21. The van der Waals surface area contributed by atoms with Gasteiger partial charge in [0.05, 0.1) is 10.0 Å². The zero-order valence-corrected chi connectivity index (χ0v) is 16.3. The Balaban J connectivity index is 1.74. The first-order chi connectivity index (χ1) is 12.9. The molecule has 0 saturated heterocycles. The van der Waals surface area contributed by atoms with Gasteiger partial charge in [-0.2, -0.15) is 0 Å². The summed E-state index contributed by atoms with van der Waals surface area (Å²) in [6.45, 7) is 1.62. The van der Waals surface area contributed by atoms with Crippen LogP contribution in [0.3, 0.4) is 0 Å². The first-order valence-electron chi connectivity index (χ1n) is 7.75. The van der Waals surface area contributed by atoms with E-state index in [1.165, 1.54) is 22.9 Å². The van der Waals surface area contributed by atoms with E-state index in [0.29, 0.717) is 21.6 Å². The number of nitrogen functional groups attached to an aromatic ring is 1. The van der Waals surface area contributed by atoms with E-state index >= 15 is 0 Å². The van der Waals surface area contributed by atoms with Crippen molar-refractivity contribution in [3.8, 4) is 5.75 Å². The summed E-state index contributed by atoms with van der Waals surface area (Å²) >= 11 is 13.2. The van der Waals surface area contributed by atoms with Crippen LogP contribution in [0.5, 0.6) is 5.75 Å². The minimum atomic E-state index is -0.630. The Morgan fingerprint density at radius 2 is 1.70 bits per heavy atom. The molecule has 0 unspecified atom stereocenters. The summed E-state index contributed by atoms with van der Waals surface area (Å²) in [6, 6.07) is 8.70. The van der Waals surface area contributed by atoms with E-state index in [-0.39, 0.29) is 17.3 Å². The van der Waals surface area contributed by atoms with Crippen LogP contribution in [-0.2, 0) is 6.61 Å². The van der Waals surface area contributed by atoms with Gasteiger partial charge in [0.2, 0.25) is 5.16 Å². The smallest absolute Gasteiger partial charge is 0.210 e. The molecule has 142 valence electrons. The maximum Gasteiger partial charge on any atom is 0.210 e. The predicted octanol–water partition coefficient (Wildman–Crippen LogP) is 5.01. The van der Waals surface area contributed by atoms with Crippen LogP contribution in [-0.4, -0.2) is 14.9 Å². The summed E-state index contributed by atoms with van der Waals surface area (Å²) in [7, 11) is 0. The molecule has 0 spiro atoms. The number of hydrogen-bond acceptors (Lipinski definition) is 5. The largest absolute Gasteiger partial charge is 0.482 e. The van der Waals surface area contributed by atoms with Gasteiger partial charge in [-0.25, -0.2) is 13.5 Å². The van der Waals surface area contributed by atoms with Crippen molar-refractivity contribution in [3.63, 3.8) is 0 Å². The van der Waals surface area contributed by atoms with Crippen LogP contribution in [0.4, 0.5) is 8.78 Å². The summed E-state index contributed by atoms with van der Waals surface area (Å²) < 4.78 is 34.6. The third-order valence-corrected chi connectivity index (χ3v) is 5.36. The fraction of sp³-hybridized carbons (Fsp3) is 0.176. The van der Waals surface area contributed by atoms with Crippen molar-refractivity contribution in [1.82, 2.24) is 14.9 Å². The summed E-state index contributed by atoms with van der Waals surface area (Å²) in [4.78, 5) is 0. The minimum absolute atomic E-state index is 0.0318. The number of nitrogens with two attached hydrogens (primary N) is 1. The molecule has 3 aromatic rings. The molecule has 1 atom stereocenters. The van der Waals surface area contributed by atoms with Crippen molar-refractivity contribution < 1.29 is 13.5 Å². The maximum atomic E-state index is 13.9. The van der Waals surface area contributed by atoms with Gasteiger partial charge < -0.3 is 10.6 Å². The van der Waals surface area contributed by atoms with Crippen molar-refractivity contribution in [1.29, 1.82) is 0 Å². The number of thioether (sulfide) groups is 1. The molecule has 0 saturated carbocycles. The van der Waals surface area contributed by atoms with E-state index in [4.69, 9.17) is 33.8 Å². The van der Waals surface area contributed by atoms with Crippen LogP contribution >= 0.6 is 35.0 Å². The van der Waals surface area contributed by atoms with Crippen LogP contribution in [0.25, 0.3) is 0 Å². The van der Waals surface area contributed by atoms with Crippen molar-refractivity contribution in [2.45, 2.75) is 23.9 Å². The average Bonchev–Trinajstić information content (AvgIpc) is 2.94. The zero-order valence-electron chi connectivity index (χ0n) is 14.0. The number of aromatic nitrogens is 3. The fourth-order valence-corrected chi connectivity index (χ4v) is 3.83. The number of ether oxygens (including phenoxy) is 1. The molecule has 1 aromatic heterocycles. The quantitative estimate of drug-likeness (QED) is 0.439. The number of halogens is 4. The number of benzene rings is 2. The van der Waals surface area contributed by atoms with Gasteiger partial charge in [-0.15, -0.1) is 10.2 Å². The highest BCUT2D eigenvalue weighted by Crippen LogP contribution is 2.36. The molecule has 0 aliphatic heterocycles. The molecular weight excluding hydrogens is 417 g/mol. The Hall–Kier alpha value is -2.03. The number of hydrogen-bond donors (Lipinski definition) is 1. The molecule has 0 amide bonds. The summed E-state index contributed by atoms with van der Waals surface area (Å²) in [5.74, 6) is 5.33. The Bertz CT molecular complexity index is 930. The Morgan fingerprint density at radius 1 is 1.11 bits per heavy atom. The molecule has 0 aliphatic rings. The first-order valence-corrected chi connectivity index (χ1v) is 9.38. The molecule has 3 rings (SSSR count). The Morgan fingerprint density at radius 3 is 2.33 bits per heavy atom. The van der Waals surface area contributed by atoms with E-state index < -0.39 is 16.9 Å². The van der Waals surface area contributed by atoms with Crippen LogP contribution in [0.1, 0.15) is 23.6 Å². The molecule has 2 N–H and O–H groups in total. The van der Waals surface area contributed by atoms with Crippen molar-refractivity contribution in [2.24, 2.45) is 0 Å². The van der Waals surface area contributed by atoms with E-state index in [9.17, 15) is 8.78 Å². The SMILES string of the molecule is C[C@@H](Sc1nnc(COc2c(Cl)cccc2Cl)n1N)c1c(F)cccc1F. The van der Waals surface area contributed by atoms with Gasteiger partial charge in [0.15, 0.2) is 11.6 Å². The zero-order chi connectivity index (χ0) is 19.6. The van der Waals surface area contributed by atoms with Gasteiger partial charge in [0, 0.05) is 10.8 Å². The van der Waals surface area contributed by atoms with Gasteiger partial charge in [-0.3, -0.25) is 0 Å². The van der Waals surface area contributed by atoms with Crippen molar-refractivity contribution in [3.05, 3.63) is 69.5 Å². The lowest BCUT2D eigenvalue weighted by Gasteiger charge is -2.13. The average molecular weight is 431 g/mol. The van der Waals surface area contributed by atoms with Crippen LogP contribution in [0, 0.1) is 11.6 Å². The van der Waals surface area contributed by atoms with Gasteiger partial charge in [0.1, 0.15) is 18.2 Å². The highest BCUT2D eigenvalue weighted by atomic mass is 35.5. The van der Waals surface area contributed by atoms with Gasteiger partial charge in [-0.1, -0.05) is 47.1 Å². The van der Waals surface area contributed by atoms with E-state index in [1.54, 1.807) is 25.1 Å². The molecular formula is C17H14Cl2F2N4OS. The molecule has 27 heavy (non-hydrogen) atoms. The van der Waals surface area contributed by atoms with Crippen molar-refractivity contribution >= 4 is 35.0 Å². The standard InChI is InChI=1S/C17H14Cl2F2N4OS/c1-9(15-12(20)6-3-7-13(15)21)27-17-24-23-14(25(17)22)8-26-16-10(18)4-2-5-11(16)19/h2-7,9H,8,22H2,1H3/t9-/m1/s1. The predicted molar refractivity (Wildman–Crippen MR) is 102 cm³/mol.